The maximum Gasteiger partial charge on any atom is 0.254 e. The maximum atomic E-state index is 13.2. The summed E-state index contributed by atoms with van der Waals surface area (Å²) in [6, 6.07) is 19.1. The van der Waals surface area contributed by atoms with E-state index in [1.807, 2.05) is 43.0 Å². The second-order valence-electron chi connectivity index (χ2n) is 9.43. The molecule has 194 valence electrons. The number of carbonyl (C=O) groups excluding carboxylic acids is 2. The summed E-state index contributed by atoms with van der Waals surface area (Å²) in [5, 5.41) is 8.84. The van der Waals surface area contributed by atoms with Crippen LogP contribution in [0.3, 0.4) is 0 Å². The van der Waals surface area contributed by atoms with E-state index in [0.717, 1.165) is 23.5 Å². The number of nitrogens with zero attached hydrogens (tertiary/aromatic N) is 5. The van der Waals surface area contributed by atoms with Gasteiger partial charge in [0.2, 0.25) is 5.91 Å². The van der Waals surface area contributed by atoms with Gasteiger partial charge in [-0.1, -0.05) is 36.8 Å². The number of benzene rings is 2. The third kappa shape index (κ3) is 6.25. The molecule has 8 heteroatoms. The molecule has 0 radical (unpaired) electrons. The van der Waals surface area contributed by atoms with Gasteiger partial charge >= 0.3 is 0 Å². The first-order chi connectivity index (χ1) is 17.9. The molecule has 0 spiro atoms. The molecule has 1 aliphatic rings. The van der Waals surface area contributed by atoms with Gasteiger partial charge in [0.1, 0.15) is 12.3 Å². The van der Waals surface area contributed by atoms with E-state index in [2.05, 4.69) is 34.2 Å². The smallest absolute Gasteiger partial charge is 0.254 e. The van der Waals surface area contributed by atoms with Gasteiger partial charge in [-0.15, -0.1) is 10.2 Å². The van der Waals surface area contributed by atoms with Crippen molar-refractivity contribution in [1.82, 2.24) is 20.0 Å². The number of ether oxygens (including phenoxy) is 1. The summed E-state index contributed by atoms with van der Waals surface area (Å²) in [7, 11) is 1.59. The minimum atomic E-state index is -0.145. The Morgan fingerprint density at radius 2 is 1.62 bits per heavy atom. The standard InChI is InChI=1S/C29H35N5O3/c1-5-22(3)34(29(36)24-10-12-25(37-4)13-11-24)20-28(35)33-18-16-32(17-19-33)27-15-14-26(30-31-27)23-8-6-21(2)7-9-23/h6-15,22H,5,16-20H2,1-4H3. The van der Waals surface area contributed by atoms with Crippen LogP contribution in [-0.4, -0.2) is 77.7 Å². The van der Waals surface area contributed by atoms with Gasteiger partial charge in [0, 0.05) is 43.3 Å². The van der Waals surface area contributed by atoms with Crippen molar-refractivity contribution >= 4 is 17.6 Å². The van der Waals surface area contributed by atoms with E-state index in [1.165, 1.54) is 5.56 Å². The van der Waals surface area contributed by atoms with Crippen molar-refractivity contribution in [3.63, 3.8) is 0 Å². The number of carbonyl (C=O) groups is 2. The number of hydrogen-bond donors (Lipinski definition) is 0. The Morgan fingerprint density at radius 3 is 2.19 bits per heavy atom. The van der Waals surface area contributed by atoms with Crippen LogP contribution in [0.1, 0.15) is 36.2 Å². The average molecular weight is 502 g/mol. The molecule has 1 fully saturated rings. The Morgan fingerprint density at radius 1 is 0.946 bits per heavy atom. The molecule has 1 atom stereocenters. The zero-order valence-electron chi connectivity index (χ0n) is 22.1. The van der Waals surface area contributed by atoms with Crippen molar-refractivity contribution in [2.45, 2.75) is 33.2 Å². The number of aryl methyl sites for hydroxylation is 1. The van der Waals surface area contributed by atoms with E-state index >= 15 is 0 Å². The molecule has 2 aromatic carbocycles. The van der Waals surface area contributed by atoms with Gasteiger partial charge in [0.25, 0.3) is 5.91 Å². The third-order valence-corrected chi connectivity index (χ3v) is 6.98. The van der Waals surface area contributed by atoms with Gasteiger partial charge in [-0.05, 0) is 56.7 Å². The Bertz CT molecular complexity index is 1190. The predicted octanol–water partition coefficient (Wildman–Crippen LogP) is 4.05. The van der Waals surface area contributed by atoms with Crippen molar-refractivity contribution in [3.05, 3.63) is 71.8 Å². The Hall–Kier alpha value is -3.94. The van der Waals surface area contributed by atoms with Gasteiger partial charge in [-0.25, -0.2) is 0 Å². The molecule has 2 amide bonds. The van der Waals surface area contributed by atoms with E-state index < -0.39 is 0 Å². The summed E-state index contributed by atoms with van der Waals surface area (Å²) in [5.41, 5.74) is 3.63. The SMILES string of the molecule is CCC(C)N(CC(=O)N1CCN(c2ccc(-c3ccc(C)cc3)nn2)CC1)C(=O)c1ccc(OC)cc1. The minimum Gasteiger partial charge on any atom is -0.497 e. The molecule has 37 heavy (non-hydrogen) atoms. The topological polar surface area (TPSA) is 78.9 Å². The van der Waals surface area contributed by atoms with Crippen LogP contribution in [0, 0.1) is 6.92 Å². The molecule has 1 saturated heterocycles. The van der Waals surface area contributed by atoms with Crippen LogP contribution in [0.4, 0.5) is 5.82 Å². The third-order valence-electron chi connectivity index (χ3n) is 6.98. The lowest BCUT2D eigenvalue weighted by Crippen LogP contribution is -2.53. The van der Waals surface area contributed by atoms with Crippen LogP contribution in [0.5, 0.6) is 5.75 Å². The largest absolute Gasteiger partial charge is 0.497 e. The second kappa shape index (κ2) is 11.9. The van der Waals surface area contributed by atoms with Crippen LogP contribution in [0.25, 0.3) is 11.3 Å². The van der Waals surface area contributed by atoms with Gasteiger partial charge < -0.3 is 19.4 Å². The fraction of sp³-hybridized carbons (Fsp3) is 0.379. The predicted molar refractivity (Wildman–Crippen MR) is 145 cm³/mol. The van der Waals surface area contributed by atoms with Gasteiger partial charge in [-0.2, -0.15) is 0 Å². The zero-order valence-corrected chi connectivity index (χ0v) is 22.1. The monoisotopic (exact) mass is 501 g/mol. The van der Waals surface area contributed by atoms with E-state index in [-0.39, 0.29) is 24.4 Å². The lowest BCUT2D eigenvalue weighted by atomic mass is 10.1. The summed E-state index contributed by atoms with van der Waals surface area (Å²) in [4.78, 5) is 32.1. The molecule has 0 bridgehead atoms. The summed E-state index contributed by atoms with van der Waals surface area (Å²) in [5.74, 6) is 1.31. The Balaban J connectivity index is 1.35. The average Bonchev–Trinajstić information content (AvgIpc) is 2.95. The van der Waals surface area contributed by atoms with Crippen molar-refractivity contribution in [1.29, 1.82) is 0 Å². The van der Waals surface area contributed by atoms with Crippen LogP contribution in [0.2, 0.25) is 0 Å². The van der Waals surface area contributed by atoms with E-state index in [0.29, 0.717) is 37.5 Å². The highest BCUT2D eigenvalue weighted by atomic mass is 16.5. The van der Waals surface area contributed by atoms with Crippen LogP contribution >= 0.6 is 0 Å². The highest BCUT2D eigenvalue weighted by Crippen LogP contribution is 2.20. The van der Waals surface area contributed by atoms with Crippen molar-refractivity contribution in [3.8, 4) is 17.0 Å². The van der Waals surface area contributed by atoms with Crippen molar-refractivity contribution in [2.75, 3.05) is 44.7 Å². The van der Waals surface area contributed by atoms with Gasteiger partial charge in [-0.3, -0.25) is 9.59 Å². The fourth-order valence-corrected chi connectivity index (χ4v) is 4.35. The number of methoxy groups -OCH3 is 1. The first-order valence-electron chi connectivity index (χ1n) is 12.8. The molecular weight excluding hydrogens is 466 g/mol. The van der Waals surface area contributed by atoms with E-state index in [1.54, 1.807) is 36.3 Å². The molecule has 1 aromatic heterocycles. The first kappa shape index (κ1) is 26.1. The number of rotatable bonds is 8. The number of piperazine rings is 1. The van der Waals surface area contributed by atoms with Crippen molar-refractivity contribution < 1.29 is 14.3 Å². The van der Waals surface area contributed by atoms with E-state index in [9.17, 15) is 9.59 Å². The number of hydrogen-bond acceptors (Lipinski definition) is 6. The molecule has 0 N–H and O–H groups in total. The molecule has 3 aromatic rings. The Labute approximate surface area is 218 Å². The maximum absolute atomic E-state index is 13.2. The van der Waals surface area contributed by atoms with Crippen LogP contribution in [-0.2, 0) is 4.79 Å². The lowest BCUT2D eigenvalue weighted by Gasteiger charge is -2.37. The molecule has 8 nitrogen and oxygen atoms in total. The number of amides is 2. The Kier molecular flexibility index (Phi) is 8.38. The van der Waals surface area contributed by atoms with Gasteiger partial charge in [0.15, 0.2) is 5.82 Å². The molecule has 4 rings (SSSR count). The zero-order chi connectivity index (χ0) is 26.4. The van der Waals surface area contributed by atoms with Crippen molar-refractivity contribution in [2.24, 2.45) is 0 Å². The highest BCUT2D eigenvalue weighted by molar-refractivity contribution is 5.96. The van der Waals surface area contributed by atoms with Crippen LogP contribution in [0.15, 0.2) is 60.7 Å². The highest BCUT2D eigenvalue weighted by Gasteiger charge is 2.28. The number of anilines is 1. The minimum absolute atomic E-state index is 0.0392. The summed E-state index contributed by atoms with van der Waals surface area (Å²) in [6.45, 7) is 8.60. The quantitative estimate of drug-likeness (QED) is 0.463. The molecule has 1 aliphatic heterocycles. The first-order valence-corrected chi connectivity index (χ1v) is 12.8. The molecular formula is C29H35N5O3. The normalized spacial score (nSPS) is 14.3. The van der Waals surface area contributed by atoms with Crippen LogP contribution < -0.4 is 9.64 Å². The molecule has 2 heterocycles. The second-order valence-corrected chi connectivity index (χ2v) is 9.43. The number of aromatic nitrogens is 2. The summed E-state index contributed by atoms with van der Waals surface area (Å²) in [6.07, 6.45) is 0.764. The molecule has 0 aliphatic carbocycles. The molecule has 0 saturated carbocycles. The fourth-order valence-electron chi connectivity index (χ4n) is 4.35. The van der Waals surface area contributed by atoms with Gasteiger partial charge in [0.05, 0.1) is 12.8 Å². The molecule has 1 unspecified atom stereocenters. The summed E-state index contributed by atoms with van der Waals surface area (Å²) >= 11 is 0. The lowest BCUT2D eigenvalue weighted by molar-refractivity contribution is -0.132. The summed E-state index contributed by atoms with van der Waals surface area (Å²) < 4.78 is 5.19. The van der Waals surface area contributed by atoms with E-state index in [4.69, 9.17) is 4.74 Å².